The van der Waals surface area contributed by atoms with E-state index in [-0.39, 0.29) is 19.0 Å². The quantitative estimate of drug-likeness (QED) is 0.785. The molecule has 1 aliphatic heterocycles. The molecule has 1 atom stereocenters. The van der Waals surface area contributed by atoms with Crippen molar-refractivity contribution in [3.05, 3.63) is 23.8 Å². The molecule has 1 aromatic rings. The topological polar surface area (TPSA) is 39.7 Å². The number of benzene rings is 1. The van der Waals surface area contributed by atoms with Gasteiger partial charge in [-0.1, -0.05) is 12.0 Å². The molecular formula is C16H22ClNO3. The number of hydrogen-bond acceptors (Lipinski definition) is 4. The van der Waals surface area contributed by atoms with Crippen molar-refractivity contribution in [3.8, 4) is 23.8 Å². The van der Waals surface area contributed by atoms with Gasteiger partial charge in [-0.25, -0.2) is 0 Å². The van der Waals surface area contributed by atoms with E-state index in [1.165, 1.54) is 6.42 Å². The van der Waals surface area contributed by atoms with Gasteiger partial charge >= 0.3 is 0 Å². The van der Waals surface area contributed by atoms with Gasteiger partial charge in [0.05, 0.1) is 13.2 Å². The van der Waals surface area contributed by atoms with Crippen LogP contribution in [0.3, 0.4) is 0 Å². The Bertz CT molecular complexity index is 467. The summed E-state index contributed by atoms with van der Waals surface area (Å²) < 4.78 is 16.3. The van der Waals surface area contributed by atoms with Crippen LogP contribution in [0.5, 0.6) is 11.5 Å². The lowest BCUT2D eigenvalue weighted by molar-refractivity contribution is 0.110. The Hall–Kier alpha value is -1.41. The first-order valence-electron chi connectivity index (χ1n) is 6.89. The number of nitrogens with one attached hydrogen (secondary N) is 1. The molecule has 1 fully saturated rings. The molecule has 116 valence electrons. The van der Waals surface area contributed by atoms with Crippen molar-refractivity contribution in [2.45, 2.75) is 25.5 Å². The molecule has 1 N–H and O–H groups in total. The summed E-state index contributed by atoms with van der Waals surface area (Å²) in [4.78, 5) is 0. The SMILES string of the molecule is C#CCOc1ccc(CNCC2CCCO2)cc1OC.Cl. The summed E-state index contributed by atoms with van der Waals surface area (Å²) in [6, 6.07) is 5.87. The molecule has 21 heavy (non-hydrogen) atoms. The fraction of sp³-hybridized carbons (Fsp3) is 0.500. The molecule has 5 heteroatoms. The fourth-order valence-corrected chi connectivity index (χ4v) is 2.24. The average molecular weight is 312 g/mol. The molecule has 1 unspecified atom stereocenters. The summed E-state index contributed by atoms with van der Waals surface area (Å²) in [5, 5.41) is 3.40. The smallest absolute Gasteiger partial charge is 0.162 e. The summed E-state index contributed by atoms with van der Waals surface area (Å²) in [6.07, 6.45) is 7.86. The molecule has 2 rings (SSSR count). The highest BCUT2D eigenvalue weighted by molar-refractivity contribution is 5.85. The maximum Gasteiger partial charge on any atom is 0.162 e. The highest BCUT2D eigenvalue weighted by atomic mass is 35.5. The standard InChI is InChI=1S/C16H21NO3.ClH/c1-3-8-20-15-7-6-13(10-16(15)18-2)11-17-12-14-5-4-9-19-14;/h1,6-7,10,14,17H,4-5,8-9,11-12H2,2H3;1H. The second kappa shape index (κ2) is 9.51. The first kappa shape index (κ1) is 17.6. The molecule has 0 radical (unpaired) electrons. The molecule has 0 aromatic heterocycles. The summed E-state index contributed by atoms with van der Waals surface area (Å²) >= 11 is 0. The molecule has 0 aliphatic carbocycles. The fourth-order valence-electron chi connectivity index (χ4n) is 2.24. The predicted molar refractivity (Wildman–Crippen MR) is 85.3 cm³/mol. The number of terminal acetylenes is 1. The van der Waals surface area contributed by atoms with Crippen molar-refractivity contribution in [1.29, 1.82) is 0 Å². The molecule has 4 nitrogen and oxygen atoms in total. The molecule has 1 saturated heterocycles. The first-order valence-corrected chi connectivity index (χ1v) is 6.89. The van der Waals surface area contributed by atoms with Crippen molar-refractivity contribution < 1.29 is 14.2 Å². The van der Waals surface area contributed by atoms with E-state index in [4.69, 9.17) is 20.6 Å². The van der Waals surface area contributed by atoms with E-state index in [0.717, 1.165) is 31.7 Å². The van der Waals surface area contributed by atoms with Crippen LogP contribution >= 0.6 is 12.4 Å². The van der Waals surface area contributed by atoms with Crippen LogP contribution < -0.4 is 14.8 Å². The molecular weight excluding hydrogens is 290 g/mol. The molecule has 0 bridgehead atoms. The largest absolute Gasteiger partial charge is 0.493 e. The van der Waals surface area contributed by atoms with Crippen LogP contribution in [0.25, 0.3) is 0 Å². The van der Waals surface area contributed by atoms with Gasteiger partial charge < -0.3 is 19.5 Å². The minimum Gasteiger partial charge on any atom is -0.493 e. The van der Waals surface area contributed by atoms with E-state index in [1.54, 1.807) is 7.11 Å². The van der Waals surface area contributed by atoms with Gasteiger partial charge in [0.15, 0.2) is 11.5 Å². The molecule has 0 spiro atoms. The van der Waals surface area contributed by atoms with Gasteiger partial charge in [-0.15, -0.1) is 18.8 Å². The van der Waals surface area contributed by atoms with E-state index in [2.05, 4.69) is 11.2 Å². The van der Waals surface area contributed by atoms with E-state index in [0.29, 0.717) is 17.6 Å². The zero-order chi connectivity index (χ0) is 14.2. The molecule has 1 aromatic carbocycles. The third-order valence-electron chi connectivity index (χ3n) is 3.26. The zero-order valence-corrected chi connectivity index (χ0v) is 13.1. The lowest BCUT2D eigenvalue weighted by Crippen LogP contribution is -2.25. The highest BCUT2D eigenvalue weighted by Gasteiger charge is 2.14. The number of rotatable bonds is 7. The van der Waals surface area contributed by atoms with Crippen LogP contribution in [0.4, 0.5) is 0 Å². The Morgan fingerprint density at radius 3 is 2.95 bits per heavy atom. The Morgan fingerprint density at radius 2 is 2.29 bits per heavy atom. The highest BCUT2D eigenvalue weighted by Crippen LogP contribution is 2.27. The number of ether oxygens (including phenoxy) is 3. The Kier molecular flexibility index (Phi) is 7.99. The minimum atomic E-state index is 0. The molecule has 1 heterocycles. The second-order valence-electron chi connectivity index (χ2n) is 4.74. The van der Waals surface area contributed by atoms with Gasteiger partial charge in [0, 0.05) is 19.7 Å². The van der Waals surface area contributed by atoms with Crippen molar-refractivity contribution in [2.75, 3.05) is 26.9 Å². The predicted octanol–water partition coefficient (Wildman–Crippen LogP) is 2.40. The Morgan fingerprint density at radius 1 is 1.43 bits per heavy atom. The van der Waals surface area contributed by atoms with Crippen molar-refractivity contribution in [3.63, 3.8) is 0 Å². The zero-order valence-electron chi connectivity index (χ0n) is 12.3. The van der Waals surface area contributed by atoms with E-state index >= 15 is 0 Å². The lowest BCUT2D eigenvalue weighted by Gasteiger charge is -2.13. The third kappa shape index (κ3) is 5.47. The van der Waals surface area contributed by atoms with Crippen molar-refractivity contribution >= 4 is 12.4 Å². The third-order valence-corrected chi connectivity index (χ3v) is 3.26. The van der Waals surface area contributed by atoms with Crippen LogP contribution in [0.1, 0.15) is 18.4 Å². The van der Waals surface area contributed by atoms with Crippen LogP contribution in [-0.4, -0.2) is 33.0 Å². The maximum absolute atomic E-state index is 5.57. The monoisotopic (exact) mass is 311 g/mol. The van der Waals surface area contributed by atoms with Crippen LogP contribution in [-0.2, 0) is 11.3 Å². The van der Waals surface area contributed by atoms with E-state index in [1.807, 2.05) is 18.2 Å². The van der Waals surface area contributed by atoms with Gasteiger partial charge in [-0.05, 0) is 30.5 Å². The van der Waals surface area contributed by atoms with E-state index in [9.17, 15) is 0 Å². The van der Waals surface area contributed by atoms with Gasteiger partial charge in [0.25, 0.3) is 0 Å². The molecule has 0 amide bonds. The molecule has 0 saturated carbocycles. The maximum atomic E-state index is 5.57. The Labute approximate surface area is 132 Å². The second-order valence-corrected chi connectivity index (χ2v) is 4.74. The van der Waals surface area contributed by atoms with Gasteiger partial charge in [-0.3, -0.25) is 0 Å². The minimum absolute atomic E-state index is 0. The summed E-state index contributed by atoms with van der Waals surface area (Å²) in [6.45, 7) is 2.80. The van der Waals surface area contributed by atoms with Gasteiger partial charge in [-0.2, -0.15) is 0 Å². The normalized spacial score (nSPS) is 16.9. The molecule has 1 aliphatic rings. The van der Waals surface area contributed by atoms with Gasteiger partial charge in [0.2, 0.25) is 0 Å². The summed E-state index contributed by atoms with van der Waals surface area (Å²) in [5.41, 5.74) is 1.15. The van der Waals surface area contributed by atoms with E-state index < -0.39 is 0 Å². The average Bonchev–Trinajstić information content (AvgIpc) is 2.99. The van der Waals surface area contributed by atoms with Crippen molar-refractivity contribution in [1.82, 2.24) is 5.32 Å². The number of halogens is 1. The Balaban J connectivity index is 0.00000220. The van der Waals surface area contributed by atoms with Crippen LogP contribution in [0, 0.1) is 12.3 Å². The van der Waals surface area contributed by atoms with Gasteiger partial charge in [0.1, 0.15) is 6.61 Å². The summed E-state index contributed by atoms with van der Waals surface area (Å²) in [7, 11) is 1.63. The van der Waals surface area contributed by atoms with Crippen molar-refractivity contribution in [2.24, 2.45) is 0 Å². The first-order chi connectivity index (χ1) is 9.83. The summed E-state index contributed by atoms with van der Waals surface area (Å²) in [5.74, 6) is 3.82. The number of hydrogen-bond donors (Lipinski definition) is 1. The lowest BCUT2D eigenvalue weighted by atomic mass is 10.2. The van der Waals surface area contributed by atoms with Crippen LogP contribution in [0.2, 0.25) is 0 Å². The number of methoxy groups -OCH3 is 1. The van der Waals surface area contributed by atoms with Crippen LogP contribution in [0.15, 0.2) is 18.2 Å².